The Kier molecular flexibility index (Phi) is 4.49. The molecule has 5 nitrogen and oxygen atoms in total. The van der Waals surface area contributed by atoms with E-state index in [0.29, 0.717) is 13.0 Å². The zero-order chi connectivity index (χ0) is 12.0. The summed E-state index contributed by atoms with van der Waals surface area (Å²) < 4.78 is 0. The summed E-state index contributed by atoms with van der Waals surface area (Å²) in [6.07, 6.45) is 5.85. The number of rotatable bonds is 6. The molecule has 1 heterocycles. The van der Waals surface area contributed by atoms with E-state index in [1.807, 2.05) is 6.92 Å². The fraction of sp³-hybridized carbons (Fsp3) is 0.636. The lowest BCUT2D eigenvalue weighted by molar-refractivity contribution is -0.125. The van der Waals surface area contributed by atoms with Crippen molar-refractivity contribution >= 4 is 5.91 Å². The number of aromatic amines is 1. The van der Waals surface area contributed by atoms with Crippen LogP contribution in [0, 0.1) is 0 Å². The van der Waals surface area contributed by atoms with Gasteiger partial charge in [-0.05, 0) is 19.8 Å². The average Bonchev–Trinajstić information content (AvgIpc) is 2.76. The van der Waals surface area contributed by atoms with Crippen LogP contribution in [-0.4, -0.2) is 28.0 Å². The van der Waals surface area contributed by atoms with E-state index in [1.165, 1.54) is 0 Å². The van der Waals surface area contributed by atoms with Crippen molar-refractivity contribution in [3.8, 4) is 0 Å². The predicted octanol–water partition coefficient (Wildman–Crippen LogP) is 0.586. The number of nitrogens with one attached hydrogen (secondary N) is 2. The molecule has 1 rings (SSSR count). The van der Waals surface area contributed by atoms with E-state index < -0.39 is 5.54 Å². The van der Waals surface area contributed by atoms with Crippen molar-refractivity contribution in [3.63, 3.8) is 0 Å². The third-order valence-electron chi connectivity index (χ3n) is 2.68. The second-order valence-electron chi connectivity index (χ2n) is 4.17. The smallest absolute Gasteiger partial charge is 0.239 e. The van der Waals surface area contributed by atoms with Gasteiger partial charge in [0, 0.05) is 25.4 Å². The van der Waals surface area contributed by atoms with Crippen molar-refractivity contribution in [2.75, 3.05) is 6.54 Å². The van der Waals surface area contributed by atoms with Crippen molar-refractivity contribution in [1.29, 1.82) is 0 Å². The van der Waals surface area contributed by atoms with Gasteiger partial charge < -0.3 is 16.0 Å². The number of hydrogen-bond donors (Lipinski definition) is 3. The number of aryl methyl sites for hydroxylation is 1. The van der Waals surface area contributed by atoms with E-state index in [0.717, 1.165) is 18.7 Å². The van der Waals surface area contributed by atoms with Gasteiger partial charge in [0.25, 0.3) is 0 Å². The first-order valence-corrected chi connectivity index (χ1v) is 5.61. The SMILES string of the molecule is CCC(C)(N)C(=O)NCCCc1ncc[nH]1. The van der Waals surface area contributed by atoms with Crippen LogP contribution in [0.4, 0.5) is 0 Å². The number of H-pyrrole nitrogens is 1. The lowest BCUT2D eigenvalue weighted by Gasteiger charge is -2.21. The molecule has 0 aliphatic rings. The van der Waals surface area contributed by atoms with E-state index in [1.54, 1.807) is 19.3 Å². The molecular weight excluding hydrogens is 204 g/mol. The Morgan fingerprint density at radius 3 is 3.00 bits per heavy atom. The Balaban J connectivity index is 2.18. The molecule has 1 aromatic rings. The third-order valence-corrected chi connectivity index (χ3v) is 2.68. The first kappa shape index (κ1) is 12.7. The number of imidazole rings is 1. The minimum absolute atomic E-state index is 0.0885. The van der Waals surface area contributed by atoms with Crippen LogP contribution in [0.25, 0.3) is 0 Å². The van der Waals surface area contributed by atoms with Gasteiger partial charge in [-0.15, -0.1) is 0 Å². The summed E-state index contributed by atoms with van der Waals surface area (Å²) in [7, 11) is 0. The molecule has 0 saturated heterocycles. The number of carbonyl (C=O) groups excluding carboxylic acids is 1. The maximum absolute atomic E-state index is 11.6. The van der Waals surface area contributed by atoms with Gasteiger partial charge in [-0.1, -0.05) is 6.92 Å². The Morgan fingerprint density at radius 1 is 1.69 bits per heavy atom. The number of amides is 1. The topological polar surface area (TPSA) is 83.8 Å². The van der Waals surface area contributed by atoms with Crippen LogP contribution in [0.5, 0.6) is 0 Å². The molecular formula is C11H20N4O. The second-order valence-corrected chi connectivity index (χ2v) is 4.17. The van der Waals surface area contributed by atoms with Crippen molar-refractivity contribution < 1.29 is 4.79 Å². The number of hydrogen-bond acceptors (Lipinski definition) is 3. The molecule has 16 heavy (non-hydrogen) atoms. The lowest BCUT2D eigenvalue weighted by Crippen LogP contribution is -2.51. The van der Waals surface area contributed by atoms with Gasteiger partial charge in [0.05, 0.1) is 5.54 Å². The summed E-state index contributed by atoms with van der Waals surface area (Å²) in [6.45, 7) is 4.28. The van der Waals surface area contributed by atoms with Gasteiger partial charge in [0.2, 0.25) is 5.91 Å². The number of aromatic nitrogens is 2. The molecule has 0 saturated carbocycles. The summed E-state index contributed by atoms with van der Waals surface area (Å²) in [5.41, 5.74) is 5.05. The summed E-state index contributed by atoms with van der Waals surface area (Å²) in [5, 5.41) is 2.83. The van der Waals surface area contributed by atoms with E-state index in [-0.39, 0.29) is 5.91 Å². The third kappa shape index (κ3) is 3.66. The molecule has 90 valence electrons. The first-order chi connectivity index (χ1) is 7.56. The minimum atomic E-state index is -0.759. The molecule has 1 atom stereocenters. The summed E-state index contributed by atoms with van der Waals surface area (Å²) in [5.74, 6) is 0.856. The fourth-order valence-electron chi connectivity index (χ4n) is 1.25. The first-order valence-electron chi connectivity index (χ1n) is 5.61. The van der Waals surface area contributed by atoms with E-state index in [9.17, 15) is 4.79 Å². The Morgan fingerprint density at radius 2 is 2.44 bits per heavy atom. The zero-order valence-corrected chi connectivity index (χ0v) is 9.92. The highest BCUT2D eigenvalue weighted by Gasteiger charge is 2.24. The average molecular weight is 224 g/mol. The van der Waals surface area contributed by atoms with Crippen molar-refractivity contribution in [2.45, 2.75) is 38.6 Å². The van der Waals surface area contributed by atoms with Gasteiger partial charge in [-0.25, -0.2) is 4.98 Å². The van der Waals surface area contributed by atoms with Crippen LogP contribution in [-0.2, 0) is 11.2 Å². The van der Waals surface area contributed by atoms with Crippen LogP contribution in [0.3, 0.4) is 0 Å². The molecule has 0 bridgehead atoms. The maximum Gasteiger partial charge on any atom is 0.239 e. The van der Waals surface area contributed by atoms with Crippen molar-refractivity contribution in [3.05, 3.63) is 18.2 Å². The predicted molar refractivity (Wildman–Crippen MR) is 62.8 cm³/mol. The summed E-state index contributed by atoms with van der Waals surface area (Å²) >= 11 is 0. The molecule has 1 amide bonds. The molecule has 0 radical (unpaired) electrons. The standard InChI is InChI=1S/C11H20N4O/c1-3-11(2,12)10(16)15-6-4-5-9-13-7-8-14-9/h7-8H,3-6,12H2,1-2H3,(H,13,14)(H,15,16). The van der Waals surface area contributed by atoms with Crippen molar-refractivity contribution in [1.82, 2.24) is 15.3 Å². The van der Waals surface area contributed by atoms with Gasteiger partial charge in [0.1, 0.15) is 5.82 Å². The molecule has 0 aliphatic carbocycles. The highest BCUT2D eigenvalue weighted by molar-refractivity contribution is 5.85. The van der Waals surface area contributed by atoms with Crippen LogP contribution in [0.15, 0.2) is 12.4 Å². The largest absolute Gasteiger partial charge is 0.355 e. The zero-order valence-electron chi connectivity index (χ0n) is 9.92. The maximum atomic E-state index is 11.6. The van der Waals surface area contributed by atoms with Gasteiger partial charge in [0.15, 0.2) is 0 Å². The van der Waals surface area contributed by atoms with Crippen LogP contribution in [0.2, 0.25) is 0 Å². The quantitative estimate of drug-likeness (QED) is 0.618. The van der Waals surface area contributed by atoms with Gasteiger partial charge in [-0.2, -0.15) is 0 Å². The summed E-state index contributed by atoms with van der Waals surface area (Å²) in [4.78, 5) is 18.7. The van der Waals surface area contributed by atoms with Crippen LogP contribution < -0.4 is 11.1 Å². The Bertz CT molecular complexity index is 319. The number of carbonyl (C=O) groups is 1. The van der Waals surface area contributed by atoms with E-state index in [4.69, 9.17) is 5.73 Å². The van der Waals surface area contributed by atoms with E-state index >= 15 is 0 Å². The molecule has 1 aromatic heterocycles. The van der Waals surface area contributed by atoms with Gasteiger partial charge in [-0.3, -0.25) is 4.79 Å². The highest BCUT2D eigenvalue weighted by Crippen LogP contribution is 2.04. The molecule has 0 aromatic carbocycles. The molecule has 4 N–H and O–H groups in total. The Labute approximate surface area is 95.8 Å². The fourth-order valence-corrected chi connectivity index (χ4v) is 1.25. The second kappa shape index (κ2) is 5.65. The monoisotopic (exact) mass is 224 g/mol. The highest BCUT2D eigenvalue weighted by atomic mass is 16.2. The van der Waals surface area contributed by atoms with Crippen molar-refractivity contribution in [2.24, 2.45) is 5.73 Å². The van der Waals surface area contributed by atoms with Crippen LogP contribution in [0.1, 0.15) is 32.5 Å². The molecule has 5 heteroatoms. The number of nitrogens with zero attached hydrogens (tertiary/aromatic N) is 1. The normalized spacial score (nSPS) is 14.4. The number of nitrogens with two attached hydrogens (primary N) is 1. The summed E-state index contributed by atoms with van der Waals surface area (Å²) in [6, 6.07) is 0. The molecule has 0 aliphatic heterocycles. The van der Waals surface area contributed by atoms with Crippen LogP contribution >= 0.6 is 0 Å². The molecule has 0 fully saturated rings. The minimum Gasteiger partial charge on any atom is -0.355 e. The molecule has 0 spiro atoms. The van der Waals surface area contributed by atoms with Gasteiger partial charge >= 0.3 is 0 Å². The lowest BCUT2D eigenvalue weighted by atomic mass is 9.99. The Hall–Kier alpha value is -1.36. The molecule has 1 unspecified atom stereocenters. The van der Waals surface area contributed by atoms with E-state index in [2.05, 4.69) is 15.3 Å².